The third kappa shape index (κ3) is 32.7. The fourth-order valence-electron chi connectivity index (χ4n) is 4.19. The van der Waals surface area contributed by atoms with Gasteiger partial charge in [0.15, 0.2) is 0 Å². The minimum absolute atomic E-state index is 0.309. The highest BCUT2D eigenvalue weighted by Gasteiger charge is 1.99. The van der Waals surface area contributed by atoms with E-state index in [1.165, 1.54) is 44.1 Å². The van der Waals surface area contributed by atoms with Gasteiger partial charge in [0.25, 0.3) is 0 Å². The van der Waals surface area contributed by atoms with Crippen LogP contribution in [0.15, 0.2) is 24.3 Å². The predicted octanol–water partition coefficient (Wildman–Crippen LogP) is 4.77. The minimum atomic E-state index is 0.309. The van der Waals surface area contributed by atoms with Crippen molar-refractivity contribution < 1.29 is 52.1 Å². The third-order valence-electron chi connectivity index (χ3n) is 6.77. The second-order valence-corrected chi connectivity index (χ2v) is 10.8. The second kappa shape index (κ2) is 38.0. The summed E-state index contributed by atoms with van der Waals surface area (Å²) in [5.41, 5.74) is 1.38. The zero-order valence-electron chi connectivity index (χ0n) is 29.7. The SMILES string of the molecule is C#CCOCCOCCOCCOCCOCCOCCOCCOCCOCCOCCOc1ccc(CCCCCCCC)cc1. The van der Waals surface area contributed by atoms with Gasteiger partial charge in [-0.1, -0.05) is 57.1 Å². The monoisotopic (exact) mass is 684 g/mol. The number of hydrogen-bond acceptors (Lipinski definition) is 11. The molecular weight excluding hydrogens is 620 g/mol. The number of benzene rings is 1. The summed E-state index contributed by atoms with van der Waals surface area (Å²) >= 11 is 0. The Labute approximate surface area is 290 Å². The lowest BCUT2D eigenvalue weighted by Crippen LogP contribution is -2.15. The summed E-state index contributed by atoms with van der Waals surface area (Å²) in [6.07, 6.45) is 14.2. The van der Waals surface area contributed by atoms with Crippen LogP contribution in [0.1, 0.15) is 51.0 Å². The predicted molar refractivity (Wildman–Crippen MR) is 186 cm³/mol. The van der Waals surface area contributed by atoms with E-state index in [9.17, 15) is 0 Å². The number of aryl methyl sites for hydroxylation is 1. The number of rotatable bonds is 39. The van der Waals surface area contributed by atoms with Gasteiger partial charge < -0.3 is 52.1 Å². The molecule has 0 aliphatic carbocycles. The average Bonchev–Trinajstić information content (AvgIpc) is 3.11. The van der Waals surface area contributed by atoms with Crippen molar-refractivity contribution in [3.05, 3.63) is 29.8 Å². The number of unbranched alkanes of at least 4 members (excludes halogenated alkanes) is 5. The highest BCUT2D eigenvalue weighted by molar-refractivity contribution is 5.27. The van der Waals surface area contributed by atoms with E-state index in [1.54, 1.807) is 0 Å². The van der Waals surface area contributed by atoms with Crippen LogP contribution in [0.2, 0.25) is 0 Å². The lowest BCUT2D eigenvalue weighted by atomic mass is 10.0. The first-order valence-electron chi connectivity index (χ1n) is 17.8. The van der Waals surface area contributed by atoms with Crippen molar-refractivity contribution in [2.24, 2.45) is 0 Å². The van der Waals surface area contributed by atoms with Crippen molar-refractivity contribution in [2.75, 3.05) is 139 Å². The minimum Gasteiger partial charge on any atom is -0.491 e. The van der Waals surface area contributed by atoms with Crippen molar-refractivity contribution in [3.8, 4) is 18.1 Å². The number of ether oxygens (including phenoxy) is 11. The van der Waals surface area contributed by atoms with Crippen LogP contribution in [0.5, 0.6) is 5.75 Å². The maximum Gasteiger partial charge on any atom is 0.119 e. The van der Waals surface area contributed by atoms with Crippen molar-refractivity contribution in [2.45, 2.75) is 51.9 Å². The van der Waals surface area contributed by atoms with Gasteiger partial charge in [0, 0.05) is 0 Å². The summed E-state index contributed by atoms with van der Waals surface area (Å²) < 4.78 is 60.2. The van der Waals surface area contributed by atoms with Crippen LogP contribution in [-0.2, 0) is 53.8 Å². The molecule has 0 aliphatic rings. The molecule has 1 rings (SSSR count). The Morgan fingerprint density at radius 3 is 1.12 bits per heavy atom. The molecular formula is C37H64O11. The highest BCUT2D eigenvalue weighted by atomic mass is 16.6. The van der Waals surface area contributed by atoms with Gasteiger partial charge in [-0.3, -0.25) is 0 Å². The van der Waals surface area contributed by atoms with Crippen LogP contribution in [0.4, 0.5) is 0 Å². The summed E-state index contributed by atoms with van der Waals surface area (Å²) in [5, 5.41) is 0. The van der Waals surface area contributed by atoms with Crippen LogP contribution >= 0.6 is 0 Å². The lowest BCUT2D eigenvalue weighted by Gasteiger charge is -2.09. The molecule has 0 unspecified atom stereocenters. The molecule has 0 amide bonds. The number of terminal acetylenes is 1. The van der Waals surface area contributed by atoms with Crippen molar-refractivity contribution in [1.29, 1.82) is 0 Å². The molecule has 0 N–H and O–H groups in total. The fraction of sp³-hybridized carbons (Fsp3) is 0.784. The maximum atomic E-state index is 5.77. The Morgan fingerprint density at radius 2 is 0.750 bits per heavy atom. The Kier molecular flexibility index (Phi) is 35.0. The second-order valence-electron chi connectivity index (χ2n) is 10.8. The smallest absolute Gasteiger partial charge is 0.119 e. The first-order valence-corrected chi connectivity index (χ1v) is 17.8. The zero-order chi connectivity index (χ0) is 34.3. The molecule has 0 aromatic heterocycles. The Bertz CT molecular complexity index is 803. The Morgan fingerprint density at radius 1 is 0.417 bits per heavy atom. The topological polar surface area (TPSA) is 102 Å². The molecule has 1 aromatic rings. The molecule has 0 saturated carbocycles. The van der Waals surface area contributed by atoms with Crippen LogP contribution in [-0.4, -0.2) is 139 Å². The molecule has 1 aromatic carbocycles. The van der Waals surface area contributed by atoms with Gasteiger partial charge in [-0.2, -0.15) is 0 Å². The van der Waals surface area contributed by atoms with Crippen molar-refractivity contribution in [3.63, 3.8) is 0 Å². The molecule has 0 radical (unpaired) electrons. The molecule has 11 nitrogen and oxygen atoms in total. The van der Waals surface area contributed by atoms with Crippen LogP contribution in [0.25, 0.3) is 0 Å². The van der Waals surface area contributed by atoms with E-state index < -0.39 is 0 Å². The van der Waals surface area contributed by atoms with Gasteiger partial charge >= 0.3 is 0 Å². The van der Waals surface area contributed by atoms with Crippen LogP contribution < -0.4 is 4.74 Å². The van der Waals surface area contributed by atoms with Crippen molar-refractivity contribution >= 4 is 0 Å². The molecule has 48 heavy (non-hydrogen) atoms. The van der Waals surface area contributed by atoms with E-state index in [1.807, 2.05) is 12.1 Å². The molecule has 0 bridgehead atoms. The standard InChI is InChI=1S/C37H64O11/c1-3-5-6-7-8-9-10-36-11-13-37(14-12-36)48-35-34-47-33-32-46-31-30-45-29-28-44-27-26-43-25-24-42-23-22-41-21-20-40-19-18-39-17-16-38-15-4-2/h2,11-14H,3,5-10,15-35H2,1H3. The van der Waals surface area contributed by atoms with E-state index in [4.69, 9.17) is 58.5 Å². The largest absolute Gasteiger partial charge is 0.491 e. The van der Waals surface area contributed by atoms with E-state index in [0.717, 1.165) is 12.2 Å². The van der Waals surface area contributed by atoms with Crippen molar-refractivity contribution in [1.82, 2.24) is 0 Å². The van der Waals surface area contributed by atoms with Crippen LogP contribution in [0.3, 0.4) is 0 Å². The van der Waals surface area contributed by atoms with Gasteiger partial charge in [-0.05, 0) is 30.5 Å². The molecule has 0 aliphatic heterocycles. The summed E-state index contributed by atoms with van der Waals surface area (Å²) in [6.45, 7) is 12.9. The van der Waals surface area contributed by atoms with E-state index >= 15 is 0 Å². The van der Waals surface area contributed by atoms with Gasteiger partial charge in [0.1, 0.15) is 19.0 Å². The zero-order valence-corrected chi connectivity index (χ0v) is 29.7. The van der Waals surface area contributed by atoms with Gasteiger partial charge in [-0.15, -0.1) is 6.42 Å². The molecule has 0 saturated heterocycles. The van der Waals surface area contributed by atoms with E-state index in [-0.39, 0.29) is 0 Å². The van der Waals surface area contributed by atoms with Gasteiger partial charge in [-0.25, -0.2) is 0 Å². The summed E-state index contributed by atoms with van der Waals surface area (Å²) in [4.78, 5) is 0. The summed E-state index contributed by atoms with van der Waals surface area (Å²) in [7, 11) is 0. The summed E-state index contributed by atoms with van der Waals surface area (Å²) in [5.74, 6) is 3.29. The molecule has 278 valence electrons. The van der Waals surface area contributed by atoms with Crippen LogP contribution in [0, 0.1) is 12.3 Å². The quantitative estimate of drug-likeness (QED) is 0.0709. The molecule has 11 heteroatoms. The fourth-order valence-corrected chi connectivity index (χ4v) is 4.19. The molecule has 0 spiro atoms. The van der Waals surface area contributed by atoms with E-state index in [2.05, 4.69) is 25.0 Å². The number of hydrogen-bond donors (Lipinski definition) is 0. The van der Waals surface area contributed by atoms with E-state index in [0.29, 0.717) is 139 Å². The highest BCUT2D eigenvalue weighted by Crippen LogP contribution is 2.15. The average molecular weight is 685 g/mol. The Balaban J connectivity index is 1.69. The molecule has 0 fully saturated rings. The first kappa shape index (κ1) is 44.2. The molecule has 0 atom stereocenters. The lowest BCUT2D eigenvalue weighted by molar-refractivity contribution is -0.0264. The molecule has 0 heterocycles. The van der Waals surface area contributed by atoms with Gasteiger partial charge in [0.2, 0.25) is 0 Å². The maximum absolute atomic E-state index is 5.77. The van der Waals surface area contributed by atoms with Gasteiger partial charge in [0.05, 0.1) is 126 Å². The first-order chi connectivity index (χ1) is 23.9. The Hall–Kier alpha value is -1.82. The third-order valence-corrected chi connectivity index (χ3v) is 6.77. The normalized spacial score (nSPS) is 11.2. The summed E-state index contributed by atoms with van der Waals surface area (Å²) in [6, 6.07) is 8.43.